The van der Waals surface area contributed by atoms with E-state index in [0.717, 1.165) is 21.8 Å². The summed E-state index contributed by atoms with van der Waals surface area (Å²) in [4.78, 5) is 32.3. The van der Waals surface area contributed by atoms with Gasteiger partial charge in [0, 0.05) is 43.2 Å². The van der Waals surface area contributed by atoms with Crippen LogP contribution in [0.5, 0.6) is 5.75 Å². The second-order valence-corrected chi connectivity index (χ2v) is 9.47. The van der Waals surface area contributed by atoms with Crippen molar-refractivity contribution in [1.29, 1.82) is 5.26 Å². The van der Waals surface area contributed by atoms with Gasteiger partial charge in [0.2, 0.25) is 11.8 Å². The van der Waals surface area contributed by atoms with Crippen molar-refractivity contribution in [1.82, 2.24) is 14.5 Å². The summed E-state index contributed by atoms with van der Waals surface area (Å²) >= 11 is 1.40. The zero-order valence-corrected chi connectivity index (χ0v) is 20.1. The molecule has 1 aliphatic heterocycles. The minimum atomic E-state index is -0.140. The minimum absolute atomic E-state index is 0.00108. The number of carbonyl (C=O) groups is 2. The summed E-state index contributed by atoms with van der Waals surface area (Å²) in [5.74, 6) is 0.688. The van der Waals surface area contributed by atoms with E-state index in [-0.39, 0.29) is 17.7 Å². The number of methoxy groups -OCH3 is 1. The van der Waals surface area contributed by atoms with Crippen LogP contribution in [0.1, 0.15) is 47.3 Å². The third-order valence-corrected chi connectivity index (χ3v) is 7.20. The van der Waals surface area contributed by atoms with E-state index in [1.807, 2.05) is 46.9 Å². The summed E-state index contributed by atoms with van der Waals surface area (Å²) in [6, 6.07) is 9.95. The van der Waals surface area contributed by atoms with E-state index in [9.17, 15) is 14.9 Å². The number of carbonyl (C=O) groups excluding carboxylic acids is 2. The lowest BCUT2D eigenvalue weighted by atomic mass is 9.97. The zero-order chi connectivity index (χ0) is 24.1. The quantitative estimate of drug-likeness (QED) is 0.530. The summed E-state index contributed by atoms with van der Waals surface area (Å²) in [6.45, 7) is 3.62. The van der Waals surface area contributed by atoms with Crippen LogP contribution < -0.4 is 10.1 Å². The van der Waals surface area contributed by atoms with Gasteiger partial charge in [0.15, 0.2) is 0 Å². The molecule has 1 atom stereocenters. The third kappa shape index (κ3) is 5.29. The maximum atomic E-state index is 12.8. The van der Waals surface area contributed by atoms with Crippen LogP contribution in [0.4, 0.5) is 5.00 Å². The van der Waals surface area contributed by atoms with Crippen LogP contribution in [0.25, 0.3) is 0 Å². The first-order valence-corrected chi connectivity index (χ1v) is 12.0. The first-order chi connectivity index (χ1) is 16.5. The number of benzene rings is 1. The summed E-state index contributed by atoms with van der Waals surface area (Å²) in [7, 11) is 1.62. The monoisotopic (exact) mass is 477 g/mol. The van der Waals surface area contributed by atoms with Crippen molar-refractivity contribution in [3.8, 4) is 11.8 Å². The maximum Gasteiger partial charge on any atom is 0.225 e. The molecule has 1 aliphatic rings. The fourth-order valence-electron chi connectivity index (χ4n) is 4.15. The normalized spacial score (nSPS) is 13.6. The van der Waals surface area contributed by atoms with Crippen molar-refractivity contribution in [2.24, 2.45) is 0 Å². The predicted molar refractivity (Wildman–Crippen MR) is 130 cm³/mol. The highest BCUT2D eigenvalue weighted by molar-refractivity contribution is 7.16. The molecule has 0 unspecified atom stereocenters. The first-order valence-electron chi connectivity index (χ1n) is 11.2. The molecule has 0 saturated carbocycles. The molecule has 0 bridgehead atoms. The lowest BCUT2D eigenvalue weighted by Crippen LogP contribution is -2.35. The molecule has 1 aromatic carbocycles. The molecular formula is C25H27N5O3S. The van der Waals surface area contributed by atoms with Crippen LogP contribution in [0, 0.1) is 11.3 Å². The number of nitriles is 1. The van der Waals surface area contributed by atoms with Crippen molar-refractivity contribution >= 4 is 28.2 Å². The van der Waals surface area contributed by atoms with Crippen molar-refractivity contribution in [2.45, 2.75) is 45.2 Å². The van der Waals surface area contributed by atoms with E-state index < -0.39 is 0 Å². The van der Waals surface area contributed by atoms with Gasteiger partial charge < -0.3 is 19.5 Å². The van der Waals surface area contributed by atoms with Crippen LogP contribution in [0.15, 0.2) is 43.0 Å². The van der Waals surface area contributed by atoms with Gasteiger partial charge in [-0.3, -0.25) is 9.59 Å². The molecule has 4 rings (SSSR count). The van der Waals surface area contributed by atoms with Crippen LogP contribution in [-0.4, -0.2) is 39.9 Å². The van der Waals surface area contributed by atoms with Gasteiger partial charge >= 0.3 is 0 Å². The second-order valence-electron chi connectivity index (χ2n) is 8.37. The summed E-state index contributed by atoms with van der Waals surface area (Å²) in [6.07, 6.45) is 6.53. The zero-order valence-electron chi connectivity index (χ0n) is 19.3. The summed E-state index contributed by atoms with van der Waals surface area (Å²) in [5.41, 5.74) is 2.49. The van der Waals surface area contributed by atoms with Crippen LogP contribution in [0.2, 0.25) is 0 Å². The van der Waals surface area contributed by atoms with E-state index >= 15 is 0 Å². The molecule has 3 aromatic rings. The third-order valence-electron chi connectivity index (χ3n) is 6.07. The Morgan fingerprint density at radius 3 is 2.97 bits per heavy atom. The van der Waals surface area contributed by atoms with Gasteiger partial charge in [-0.05, 0) is 35.6 Å². The van der Waals surface area contributed by atoms with E-state index in [4.69, 9.17) is 4.74 Å². The predicted octanol–water partition coefficient (Wildman–Crippen LogP) is 3.93. The number of hydrogen-bond acceptors (Lipinski definition) is 6. The van der Waals surface area contributed by atoms with E-state index in [1.54, 1.807) is 19.6 Å². The summed E-state index contributed by atoms with van der Waals surface area (Å²) in [5, 5.41) is 13.3. The van der Waals surface area contributed by atoms with Gasteiger partial charge in [0.1, 0.15) is 16.8 Å². The second kappa shape index (κ2) is 10.5. The highest BCUT2D eigenvalue weighted by Crippen LogP contribution is 2.37. The number of aryl methyl sites for hydroxylation is 1. The molecular weight excluding hydrogens is 450 g/mol. The highest BCUT2D eigenvalue weighted by atomic mass is 32.1. The number of nitrogens with one attached hydrogen (secondary N) is 1. The van der Waals surface area contributed by atoms with Gasteiger partial charge in [-0.15, -0.1) is 11.3 Å². The van der Waals surface area contributed by atoms with Gasteiger partial charge in [0.05, 0.1) is 25.5 Å². The van der Waals surface area contributed by atoms with Crippen molar-refractivity contribution in [3.63, 3.8) is 0 Å². The molecule has 176 valence electrons. The number of ether oxygens (including phenoxy) is 1. The maximum absolute atomic E-state index is 12.8. The number of anilines is 1. The molecule has 0 fully saturated rings. The number of hydrogen-bond donors (Lipinski definition) is 1. The molecule has 3 heterocycles. The number of rotatable bonds is 8. The van der Waals surface area contributed by atoms with Crippen molar-refractivity contribution in [2.75, 3.05) is 19.0 Å². The Kier molecular flexibility index (Phi) is 7.28. The Morgan fingerprint density at radius 1 is 1.38 bits per heavy atom. The Morgan fingerprint density at radius 2 is 2.24 bits per heavy atom. The molecule has 0 radical (unpaired) electrons. The average Bonchev–Trinajstić information content (AvgIpc) is 3.49. The van der Waals surface area contributed by atoms with Crippen LogP contribution >= 0.6 is 11.3 Å². The lowest BCUT2D eigenvalue weighted by molar-refractivity contribution is -0.132. The molecule has 0 saturated heterocycles. The Balaban J connectivity index is 1.39. The highest BCUT2D eigenvalue weighted by Gasteiger charge is 2.27. The van der Waals surface area contributed by atoms with Crippen molar-refractivity contribution < 1.29 is 14.3 Å². The number of fused-ring (bicyclic) bond motifs is 1. The molecule has 0 spiro atoms. The van der Waals surface area contributed by atoms with Gasteiger partial charge in [-0.25, -0.2) is 4.98 Å². The largest absolute Gasteiger partial charge is 0.497 e. The Hall–Kier alpha value is -3.64. The van der Waals surface area contributed by atoms with E-state index in [1.165, 1.54) is 11.3 Å². The topological polar surface area (TPSA) is 100 Å². The fourth-order valence-corrected chi connectivity index (χ4v) is 5.38. The van der Waals surface area contributed by atoms with Gasteiger partial charge in [-0.1, -0.05) is 19.1 Å². The molecule has 0 aliphatic carbocycles. The first kappa shape index (κ1) is 23.5. The average molecular weight is 478 g/mol. The minimum Gasteiger partial charge on any atom is -0.497 e. The molecule has 8 nitrogen and oxygen atoms in total. The molecule has 34 heavy (non-hydrogen) atoms. The lowest BCUT2D eigenvalue weighted by Gasteiger charge is -2.27. The molecule has 2 aromatic heterocycles. The SMILES string of the molecule is COc1cccc([C@@H](C)CC(=O)Nc2sc3c(c2C#N)CCN(C(=O)CCn2ccnc2)C3)c1. The number of imidazole rings is 1. The standard InChI is InChI=1S/C25H27N5O3S/c1-17(18-4-3-5-19(13-18)33-2)12-23(31)28-25-21(14-26)20-6-10-30(15-22(20)34-25)24(32)7-9-29-11-8-27-16-29/h3-5,8,11,13,16-17H,6-7,9-10,12,15H2,1-2H3,(H,28,31)/t17-/m0/s1. The fraction of sp³-hybridized carbons (Fsp3) is 0.360. The number of thiophene rings is 1. The molecule has 2 amide bonds. The molecule has 1 N–H and O–H groups in total. The van der Waals surface area contributed by atoms with E-state index in [2.05, 4.69) is 16.4 Å². The smallest absolute Gasteiger partial charge is 0.225 e. The molecule has 9 heteroatoms. The van der Waals surface area contributed by atoms with Crippen LogP contribution in [-0.2, 0) is 29.1 Å². The van der Waals surface area contributed by atoms with Gasteiger partial charge in [0.25, 0.3) is 0 Å². The number of aromatic nitrogens is 2. The van der Waals surface area contributed by atoms with E-state index in [0.29, 0.717) is 49.5 Å². The Labute approximate surface area is 202 Å². The summed E-state index contributed by atoms with van der Waals surface area (Å²) < 4.78 is 7.16. The van der Waals surface area contributed by atoms with Crippen LogP contribution in [0.3, 0.4) is 0 Å². The Bertz CT molecular complexity index is 1210. The van der Waals surface area contributed by atoms with Gasteiger partial charge in [-0.2, -0.15) is 5.26 Å². The number of nitrogens with zero attached hydrogens (tertiary/aromatic N) is 4. The number of amides is 2. The van der Waals surface area contributed by atoms with Crippen molar-refractivity contribution in [3.05, 3.63) is 64.6 Å².